The van der Waals surface area contributed by atoms with Crippen LogP contribution in [0.2, 0.25) is 5.02 Å². The lowest BCUT2D eigenvalue weighted by molar-refractivity contribution is 0.288. The van der Waals surface area contributed by atoms with Gasteiger partial charge in [0.25, 0.3) is 0 Å². The SMILES string of the molecule is CCn1cncc1Cn1c(Cc2cc(F)c(-c3cccc(OCc4ccc(Cl)cc4F)n3)cc2F)nc2cc(NC)ccc21. The number of benzene rings is 3. The normalized spacial score (nSPS) is 11.3. The maximum Gasteiger partial charge on any atom is 0.214 e. The van der Waals surface area contributed by atoms with Gasteiger partial charge < -0.3 is 19.2 Å². The molecule has 0 amide bonds. The predicted molar refractivity (Wildman–Crippen MR) is 164 cm³/mol. The number of anilines is 1. The van der Waals surface area contributed by atoms with Gasteiger partial charge in [0.1, 0.15) is 29.9 Å². The molecule has 6 rings (SSSR count). The summed E-state index contributed by atoms with van der Waals surface area (Å²) in [5.41, 5.74) is 4.09. The second kappa shape index (κ2) is 12.4. The number of hydrogen-bond acceptors (Lipinski definition) is 5. The minimum Gasteiger partial charge on any atom is -0.473 e. The van der Waals surface area contributed by atoms with E-state index in [4.69, 9.17) is 21.3 Å². The molecule has 0 radical (unpaired) electrons. The zero-order valence-corrected chi connectivity index (χ0v) is 24.7. The lowest BCUT2D eigenvalue weighted by atomic mass is 10.0. The monoisotopic (exact) mass is 616 g/mol. The molecule has 44 heavy (non-hydrogen) atoms. The van der Waals surface area contributed by atoms with Crippen molar-refractivity contribution in [2.75, 3.05) is 12.4 Å². The van der Waals surface area contributed by atoms with Crippen molar-refractivity contribution in [1.82, 2.24) is 24.1 Å². The minimum atomic E-state index is -0.640. The second-order valence-corrected chi connectivity index (χ2v) is 10.7. The Hall–Kier alpha value is -4.83. The van der Waals surface area contributed by atoms with Crippen molar-refractivity contribution >= 4 is 28.3 Å². The predicted octanol–water partition coefficient (Wildman–Crippen LogP) is 7.65. The molecule has 0 saturated heterocycles. The van der Waals surface area contributed by atoms with Gasteiger partial charge in [-0.25, -0.2) is 28.1 Å². The molecule has 6 aromatic rings. The quantitative estimate of drug-likeness (QED) is 0.171. The molecule has 0 aliphatic rings. The molecule has 1 N–H and O–H groups in total. The average molecular weight is 617 g/mol. The molecule has 0 bridgehead atoms. The van der Waals surface area contributed by atoms with E-state index in [1.807, 2.05) is 41.3 Å². The molecule has 0 aliphatic heterocycles. The highest BCUT2D eigenvalue weighted by atomic mass is 35.5. The largest absolute Gasteiger partial charge is 0.473 e. The average Bonchev–Trinajstić information content (AvgIpc) is 3.62. The van der Waals surface area contributed by atoms with Gasteiger partial charge in [0, 0.05) is 54.1 Å². The molecule has 0 aliphatic carbocycles. The van der Waals surface area contributed by atoms with E-state index in [1.54, 1.807) is 36.8 Å². The van der Waals surface area contributed by atoms with Crippen LogP contribution in [0.25, 0.3) is 22.3 Å². The molecule has 0 unspecified atom stereocenters. The Bertz CT molecular complexity index is 1970. The van der Waals surface area contributed by atoms with Crippen molar-refractivity contribution in [1.29, 1.82) is 0 Å². The standard InChI is InChI=1S/C33H28ClF3N6O/c1-3-42-19-39-16-24(42)17-43-31-10-9-23(38-2)14-30(31)40-32(43)12-21-11-28(37)25(15-27(21)36)29-5-4-6-33(41-29)44-18-20-7-8-22(34)13-26(20)35/h4-11,13-16,19,38H,3,12,17-18H2,1-2H3. The van der Waals surface area contributed by atoms with Crippen LogP contribution in [0.15, 0.2) is 79.3 Å². The Morgan fingerprint density at radius 3 is 2.55 bits per heavy atom. The lowest BCUT2D eigenvalue weighted by Gasteiger charge is -2.13. The third-order valence-electron chi connectivity index (χ3n) is 7.45. The van der Waals surface area contributed by atoms with Crippen LogP contribution in [-0.4, -0.2) is 31.1 Å². The third kappa shape index (κ3) is 5.98. The number of nitrogens with zero attached hydrogens (tertiary/aromatic N) is 5. The molecule has 0 atom stereocenters. The number of pyridine rings is 1. The van der Waals surface area contributed by atoms with Gasteiger partial charge in [-0.05, 0) is 61.0 Å². The number of halogens is 4. The summed E-state index contributed by atoms with van der Waals surface area (Å²) < 4.78 is 55.0. The number of fused-ring (bicyclic) bond motifs is 1. The van der Waals surface area contributed by atoms with Crippen LogP contribution in [0.4, 0.5) is 18.9 Å². The fraction of sp³-hybridized carbons (Fsp3) is 0.182. The third-order valence-corrected chi connectivity index (χ3v) is 7.69. The first-order chi connectivity index (χ1) is 21.3. The van der Waals surface area contributed by atoms with Crippen LogP contribution < -0.4 is 10.1 Å². The van der Waals surface area contributed by atoms with E-state index in [0.717, 1.165) is 35.0 Å². The summed E-state index contributed by atoms with van der Waals surface area (Å²) in [6.07, 6.45) is 3.63. The number of aryl methyl sites for hydroxylation is 1. The molecule has 3 aromatic heterocycles. The van der Waals surface area contributed by atoms with Crippen molar-refractivity contribution in [2.45, 2.75) is 33.0 Å². The van der Waals surface area contributed by atoms with E-state index in [1.165, 1.54) is 18.2 Å². The Kier molecular flexibility index (Phi) is 8.25. The molecule has 11 heteroatoms. The topological polar surface area (TPSA) is 69.8 Å². The molecule has 0 spiro atoms. The Morgan fingerprint density at radius 2 is 1.75 bits per heavy atom. The number of imidazole rings is 2. The highest BCUT2D eigenvalue weighted by Gasteiger charge is 2.19. The van der Waals surface area contributed by atoms with Crippen LogP contribution in [0, 0.1) is 17.5 Å². The number of ether oxygens (including phenoxy) is 1. The minimum absolute atomic E-state index is 0.0200. The molecule has 224 valence electrons. The van der Waals surface area contributed by atoms with E-state index in [-0.39, 0.29) is 46.3 Å². The molecule has 3 heterocycles. The highest BCUT2D eigenvalue weighted by Crippen LogP contribution is 2.29. The first-order valence-corrected chi connectivity index (χ1v) is 14.4. The van der Waals surface area contributed by atoms with Crippen LogP contribution in [0.1, 0.15) is 29.6 Å². The summed E-state index contributed by atoms with van der Waals surface area (Å²) in [6.45, 7) is 3.15. The number of hydrogen-bond donors (Lipinski definition) is 1. The highest BCUT2D eigenvalue weighted by molar-refractivity contribution is 6.30. The Morgan fingerprint density at radius 1 is 0.909 bits per heavy atom. The van der Waals surface area contributed by atoms with E-state index in [2.05, 4.69) is 15.3 Å². The van der Waals surface area contributed by atoms with Gasteiger partial charge in [-0.2, -0.15) is 0 Å². The summed E-state index contributed by atoms with van der Waals surface area (Å²) >= 11 is 5.81. The summed E-state index contributed by atoms with van der Waals surface area (Å²) in [5.74, 6) is -1.01. The van der Waals surface area contributed by atoms with Gasteiger partial charge in [-0.1, -0.05) is 23.7 Å². The van der Waals surface area contributed by atoms with Crippen LogP contribution in [0.5, 0.6) is 5.88 Å². The first-order valence-electron chi connectivity index (χ1n) is 14.0. The van der Waals surface area contributed by atoms with Crippen LogP contribution in [0.3, 0.4) is 0 Å². The fourth-order valence-corrected chi connectivity index (χ4v) is 5.26. The number of nitrogens with one attached hydrogen (secondary N) is 1. The maximum absolute atomic E-state index is 15.6. The van der Waals surface area contributed by atoms with Gasteiger partial charge in [-0.3, -0.25) is 0 Å². The van der Waals surface area contributed by atoms with E-state index in [0.29, 0.717) is 12.4 Å². The van der Waals surface area contributed by atoms with Crippen molar-refractivity contribution in [2.24, 2.45) is 0 Å². The Labute approximate surface area is 256 Å². The van der Waals surface area contributed by atoms with Crippen LogP contribution >= 0.6 is 11.6 Å². The molecular weight excluding hydrogens is 589 g/mol. The van der Waals surface area contributed by atoms with Crippen molar-refractivity contribution < 1.29 is 17.9 Å². The second-order valence-electron chi connectivity index (χ2n) is 10.2. The van der Waals surface area contributed by atoms with Gasteiger partial charge in [0.2, 0.25) is 5.88 Å². The van der Waals surface area contributed by atoms with Gasteiger partial charge in [0.15, 0.2) is 0 Å². The summed E-state index contributed by atoms with van der Waals surface area (Å²) in [7, 11) is 1.83. The zero-order chi connectivity index (χ0) is 30.8. The lowest BCUT2D eigenvalue weighted by Crippen LogP contribution is -2.10. The van der Waals surface area contributed by atoms with Crippen molar-refractivity contribution in [3.63, 3.8) is 0 Å². The van der Waals surface area contributed by atoms with Crippen molar-refractivity contribution in [3.8, 4) is 17.1 Å². The number of aromatic nitrogens is 5. The van der Waals surface area contributed by atoms with E-state index in [9.17, 15) is 4.39 Å². The number of rotatable bonds is 10. The molecule has 3 aromatic carbocycles. The molecular formula is C33H28ClF3N6O. The first kappa shape index (κ1) is 29.3. The van der Waals surface area contributed by atoms with E-state index < -0.39 is 17.5 Å². The van der Waals surface area contributed by atoms with Crippen LogP contribution in [-0.2, 0) is 26.1 Å². The van der Waals surface area contributed by atoms with Gasteiger partial charge >= 0.3 is 0 Å². The molecule has 7 nitrogen and oxygen atoms in total. The molecule has 0 fully saturated rings. The van der Waals surface area contributed by atoms with Gasteiger partial charge in [-0.15, -0.1) is 0 Å². The molecule has 0 saturated carbocycles. The fourth-order valence-electron chi connectivity index (χ4n) is 5.10. The Balaban J connectivity index is 1.29. The van der Waals surface area contributed by atoms with Gasteiger partial charge in [0.05, 0.1) is 35.3 Å². The summed E-state index contributed by atoms with van der Waals surface area (Å²) in [4.78, 5) is 13.4. The summed E-state index contributed by atoms with van der Waals surface area (Å²) in [6, 6.07) is 17.2. The summed E-state index contributed by atoms with van der Waals surface area (Å²) in [5, 5.41) is 3.39. The van der Waals surface area contributed by atoms with Crippen molar-refractivity contribution in [3.05, 3.63) is 124 Å². The smallest absolute Gasteiger partial charge is 0.214 e. The zero-order valence-electron chi connectivity index (χ0n) is 24.0. The van der Waals surface area contributed by atoms with E-state index >= 15 is 8.78 Å². The maximum atomic E-state index is 15.6.